The molecule has 47 valence electrons. The van der Waals surface area contributed by atoms with E-state index in [1.165, 1.54) is 25.8 Å². The molecule has 1 radical (unpaired) electrons. The van der Waals surface area contributed by atoms with Crippen molar-refractivity contribution in [3.05, 3.63) is 6.54 Å². The monoisotopic (exact) mass is 113 g/mol. The Hall–Kier alpha value is -0.0800. The smallest absolute Gasteiger partial charge is 0.0456 e. The largest absolute Gasteiger partial charge is 0.304 e. The van der Waals surface area contributed by atoms with E-state index in [0.717, 1.165) is 6.67 Å². The number of nitrogens with one attached hydrogen (secondary N) is 2. The molecule has 0 amide bonds. The lowest BCUT2D eigenvalue weighted by Crippen LogP contribution is -2.29. The van der Waals surface area contributed by atoms with Gasteiger partial charge in [-0.15, -0.1) is 0 Å². The van der Waals surface area contributed by atoms with Crippen LogP contribution in [0.1, 0.15) is 19.3 Å². The Bertz CT molecular complexity index is 30.5. The van der Waals surface area contributed by atoms with Gasteiger partial charge >= 0.3 is 0 Å². The van der Waals surface area contributed by atoms with Gasteiger partial charge < -0.3 is 10.6 Å². The van der Waals surface area contributed by atoms with Gasteiger partial charge in [0, 0.05) is 13.2 Å². The van der Waals surface area contributed by atoms with Gasteiger partial charge in [0.2, 0.25) is 0 Å². The third-order valence-electron chi connectivity index (χ3n) is 1.32. The van der Waals surface area contributed by atoms with Crippen molar-refractivity contribution in [1.29, 1.82) is 0 Å². The molecular weight excluding hydrogens is 100 g/mol. The fraction of sp³-hybridized carbons (Fsp3) is 0.833. The average molecular weight is 113 g/mol. The lowest BCUT2D eigenvalue weighted by Gasteiger charge is -2.09. The van der Waals surface area contributed by atoms with Gasteiger partial charge in [-0.05, 0) is 19.4 Å². The highest BCUT2D eigenvalue weighted by molar-refractivity contribution is 4.64. The molecule has 0 aromatic carbocycles. The standard InChI is InChI=1S/C6H13N2/c1-2-4-7-6-8-5-3-1/h4,7-8H,1-3,5-6H2. The molecule has 2 N–H and O–H groups in total. The summed E-state index contributed by atoms with van der Waals surface area (Å²) in [5.41, 5.74) is 0. The van der Waals surface area contributed by atoms with E-state index in [2.05, 4.69) is 17.2 Å². The number of hydrogen-bond acceptors (Lipinski definition) is 2. The second kappa shape index (κ2) is 3.87. The van der Waals surface area contributed by atoms with Crippen LogP contribution in [-0.2, 0) is 0 Å². The van der Waals surface area contributed by atoms with Crippen LogP contribution in [0.4, 0.5) is 0 Å². The normalized spacial score (nSPS) is 24.0. The van der Waals surface area contributed by atoms with Gasteiger partial charge in [-0.3, -0.25) is 0 Å². The van der Waals surface area contributed by atoms with Crippen molar-refractivity contribution in [1.82, 2.24) is 10.6 Å². The van der Waals surface area contributed by atoms with Crippen molar-refractivity contribution in [3.63, 3.8) is 0 Å². The Morgan fingerprint density at radius 1 is 1.25 bits per heavy atom. The van der Waals surface area contributed by atoms with E-state index in [1.807, 2.05) is 0 Å². The van der Waals surface area contributed by atoms with Crippen LogP contribution in [0, 0.1) is 6.54 Å². The first-order valence-corrected chi connectivity index (χ1v) is 3.26. The number of rotatable bonds is 0. The van der Waals surface area contributed by atoms with Gasteiger partial charge in [0.25, 0.3) is 0 Å². The minimum atomic E-state index is 0.944. The van der Waals surface area contributed by atoms with E-state index in [-0.39, 0.29) is 0 Å². The molecule has 2 heteroatoms. The van der Waals surface area contributed by atoms with E-state index < -0.39 is 0 Å². The lowest BCUT2D eigenvalue weighted by atomic mass is 10.2. The molecule has 1 heterocycles. The Labute approximate surface area is 50.7 Å². The van der Waals surface area contributed by atoms with Crippen LogP contribution >= 0.6 is 0 Å². The fourth-order valence-corrected chi connectivity index (χ4v) is 0.831. The van der Waals surface area contributed by atoms with Crippen LogP contribution in [0.3, 0.4) is 0 Å². The molecule has 8 heavy (non-hydrogen) atoms. The van der Waals surface area contributed by atoms with E-state index in [4.69, 9.17) is 0 Å². The molecule has 1 fully saturated rings. The predicted octanol–water partition coefficient (Wildman–Crippen LogP) is 0.469. The second-order valence-electron chi connectivity index (χ2n) is 2.08. The maximum Gasteiger partial charge on any atom is 0.0456 e. The molecule has 0 aliphatic carbocycles. The minimum absolute atomic E-state index is 0.944. The molecule has 1 aliphatic rings. The molecule has 0 aromatic heterocycles. The van der Waals surface area contributed by atoms with Crippen molar-refractivity contribution in [2.75, 3.05) is 13.2 Å². The zero-order valence-corrected chi connectivity index (χ0v) is 5.11. The molecule has 0 aromatic rings. The van der Waals surface area contributed by atoms with Crippen LogP contribution in [0.5, 0.6) is 0 Å². The topological polar surface area (TPSA) is 24.1 Å². The van der Waals surface area contributed by atoms with Gasteiger partial charge in [-0.25, -0.2) is 0 Å². The molecule has 0 unspecified atom stereocenters. The summed E-state index contributed by atoms with van der Waals surface area (Å²) in [7, 11) is 0. The molecule has 0 spiro atoms. The summed E-state index contributed by atoms with van der Waals surface area (Å²) in [4.78, 5) is 0. The molecule has 1 rings (SSSR count). The number of hydrogen-bond donors (Lipinski definition) is 2. The van der Waals surface area contributed by atoms with E-state index >= 15 is 0 Å². The van der Waals surface area contributed by atoms with E-state index in [0.29, 0.717) is 0 Å². The highest BCUT2D eigenvalue weighted by Crippen LogP contribution is 1.96. The third kappa shape index (κ3) is 2.28. The summed E-state index contributed by atoms with van der Waals surface area (Å²) in [6.07, 6.45) is 3.86. The van der Waals surface area contributed by atoms with Gasteiger partial charge in [-0.2, -0.15) is 0 Å². The molecule has 2 nitrogen and oxygen atoms in total. The zero-order valence-electron chi connectivity index (χ0n) is 5.11. The van der Waals surface area contributed by atoms with Gasteiger partial charge in [-0.1, -0.05) is 6.42 Å². The highest BCUT2D eigenvalue weighted by Gasteiger charge is 1.93. The maximum atomic E-state index is 3.24. The van der Waals surface area contributed by atoms with Gasteiger partial charge in [0.1, 0.15) is 0 Å². The first-order valence-electron chi connectivity index (χ1n) is 3.26. The van der Waals surface area contributed by atoms with E-state index in [9.17, 15) is 0 Å². The zero-order chi connectivity index (χ0) is 5.66. The molecule has 1 aliphatic heterocycles. The average Bonchev–Trinajstić information content (AvgIpc) is 1.62. The summed E-state index contributed by atoms with van der Waals surface area (Å²) in [5.74, 6) is 0. The summed E-state index contributed by atoms with van der Waals surface area (Å²) >= 11 is 0. The lowest BCUT2D eigenvalue weighted by molar-refractivity contribution is 0.538. The Kier molecular flexibility index (Phi) is 2.92. The second-order valence-corrected chi connectivity index (χ2v) is 2.08. The quantitative estimate of drug-likeness (QED) is 0.477. The summed E-state index contributed by atoms with van der Waals surface area (Å²) in [6.45, 7) is 4.24. The Balaban J connectivity index is 2.00. The first-order chi connectivity index (χ1) is 4.00. The van der Waals surface area contributed by atoms with Crippen molar-refractivity contribution >= 4 is 0 Å². The van der Waals surface area contributed by atoms with E-state index in [1.54, 1.807) is 0 Å². The van der Waals surface area contributed by atoms with Crippen LogP contribution in [-0.4, -0.2) is 13.2 Å². The summed E-state index contributed by atoms with van der Waals surface area (Å²) in [6, 6.07) is 0. The Morgan fingerprint density at radius 2 is 2.25 bits per heavy atom. The van der Waals surface area contributed by atoms with Gasteiger partial charge in [0.05, 0.1) is 0 Å². The van der Waals surface area contributed by atoms with Crippen LogP contribution in [0.15, 0.2) is 0 Å². The first kappa shape index (κ1) is 6.05. The van der Waals surface area contributed by atoms with Crippen molar-refractivity contribution in [2.24, 2.45) is 0 Å². The SMILES string of the molecule is [CH]1CCCCNCN1. The summed E-state index contributed by atoms with van der Waals surface area (Å²) in [5, 5.41) is 6.40. The molecular formula is C6H13N2. The van der Waals surface area contributed by atoms with Crippen LogP contribution in [0.25, 0.3) is 0 Å². The van der Waals surface area contributed by atoms with Crippen LogP contribution < -0.4 is 10.6 Å². The molecule has 1 saturated heterocycles. The molecule has 0 atom stereocenters. The predicted molar refractivity (Wildman–Crippen MR) is 34.2 cm³/mol. The highest BCUT2D eigenvalue weighted by atomic mass is 15.1. The molecule has 0 saturated carbocycles. The molecule has 0 bridgehead atoms. The van der Waals surface area contributed by atoms with Crippen LogP contribution in [0.2, 0.25) is 0 Å². The van der Waals surface area contributed by atoms with Gasteiger partial charge in [0.15, 0.2) is 0 Å². The van der Waals surface area contributed by atoms with Crippen molar-refractivity contribution in [3.8, 4) is 0 Å². The maximum absolute atomic E-state index is 3.24. The van der Waals surface area contributed by atoms with Crippen molar-refractivity contribution < 1.29 is 0 Å². The fourth-order valence-electron chi connectivity index (χ4n) is 0.831. The summed E-state index contributed by atoms with van der Waals surface area (Å²) < 4.78 is 0. The van der Waals surface area contributed by atoms with Crippen molar-refractivity contribution in [2.45, 2.75) is 19.3 Å². The Morgan fingerprint density at radius 3 is 3.25 bits per heavy atom. The third-order valence-corrected chi connectivity index (χ3v) is 1.32. The minimum Gasteiger partial charge on any atom is -0.304 e.